The first-order valence-electron chi connectivity index (χ1n) is 6.29. The summed E-state index contributed by atoms with van der Waals surface area (Å²) in [5.41, 5.74) is 1.62. The van der Waals surface area contributed by atoms with Crippen LogP contribution in [0.1, 0.15) is 5.56 Å². The third-order valence-electron chi connectivity index (χ3n) is 2.92. The zero-order chi connectivity index (χ0) is 15.4. The fraction of sp³-hybridized carbons (Fsp3) is 0.286. The Bertz CT molecular complexity index is 649. The molecule has 1 heterocycles. The summed E-state index contributed by atoms with van der Waals surface area (Å²) in [6.07, 6.45) is 1.74. The van der Waals surface area contributed by atoms with Crippen molar-refractivity contribution in [3.63, 3.8) is 0 Å². The molecular formula is C14H17ClN4O2. The molecule has 2 rings (SSSR count). The Hall–Kier alpha value is -2.21. The minimum atomic E-state index is 0.482. The van der Waals surface area contributed by atoms with Crippen molar-refractivity contribution in [1.82, 2.24) is 9.97 Å². The number of nitrogens with one attached hydrogen (secondary N) is 2. The molecule has 0 radical (unpaired) electrons. The number of ether oxygens (including phenoxy) is 2. The molecule has 0 saturated carbocycles. The number of halogens is 1. The predicted octanol–water partition coefficient (Wildman–Crippen LogP) is 3.24. The van der Waals surface area contributed by atoms with E-state index in [2.05, 4.69) is 20.6 Å². The average Bonchev–Trinajstić information content (AvgIpc) is 2.50. The number of rotatable bonds is 5. The number of methoxy groups -OCH3 is 2. The molecule has 0 spiro atoms. The fourth-order valence-electron chi connectivity index (χ4n) is 1.77. The lowest BCUT2D eigenvalue weighted by molar-refractivity contribution is 0.405. The van der Waals surface area contributed by atoms with Crippen LogP contribution in [0.3, 0.4) is 0 Å². The molecule has 0 unspecified atom stereocenters. The maximum Gasteiger partial charge on any atom is 0.224 e. The number of hydrogen-bond donors (Lipinski definition) is 2. The molecule has 0 aliphatic heterocycles. The molecule has 0 aliphatic rings. The highest BCUT2D eigenvalue weighted by atomic mass is 35.5. The number of nitrogens with zero attached hydrogens (tertiary/aromatic N) is 2. The Morgan fingerprint density at radius 3 is 2.48 bits per heavy atom. The Morgan fingerprint density at radius 2 is 1.86 bits per heavy atom. The van der Waals surface area contributed by atoms with E-state index in [4.69, 9.17) is 21.1 Å². The summed E-state index contributed by atoms with van der Waals surface area (Å²) in [7, 11) is 4.90. The normalized spacial score (nSPS) is 10.1. The Kier molecular flexibility index (Phi) is 4.70. The number of anilines is 3. The van der Waals surface area contributed by atoms with E-state index in [-0.39, 0.29) is 0 Å². The lowest BCUT2D eigenvalue weighted by Gasteiger charge is -2.15. The predicted molar refractivity (Wildman–Crippen MR) is 84.2 cm³/mol. The quantitative estimate of drug-likeness (QED) is 0.884. The maximum atomic E-state index is 6.09. The Labute approximate surface area is 128 Å². The topological polar surface area (TPSA) is 68.3 Å². The van der Waals surface area contributed by atoms with Gasteiger partial charge in [0.05, 0.1) is 24.9 Å². The van der Waals surface area contributed by atoms with Crippen LogP contribution >= 0.6 is 11.6 Å². The van der Waals surface area contributed by atoms with Gasteiger partial charge in [0.15, 0.2) is 0 Å². The smallest absolute Gasteiger partial charge is 0.224 e. The summed E-state index contributed by atoms with van der Waals surface area (Å²) in [4.78, 5) is 8.53. The van der Waals surface area contributed by atoms with E-state index in [0.29, 0.717) is 34.0 Å². The van der Waals surface area contributed by atoms with Gasteiger partial charge < -0.3 is 20.1 Å². The highest BCUT2D eigenvalue weighted by molar-refractivity contribution is 6.32. The van der Waals surface area contributed by atoms with Crippen LogP contribution in [0.5, 0.6) is 11.5 Å². The van der Waals surface area contributed by atoms with E-state index in [1.54, 1.807) is 39.6 Å². The maximum absolute atomic E-state index is 6.09. The molecule has 0 fully saturated rings. The summed E-state index contributed by atoms with van der Waals surface area (Å²) in [6.45, 7) is 1.92. The fourth-order valence-corrected chi connectivity index (χ4v) is 2.01. The van der Waals surface area contributed by atoms with Gasteiger partial charge in [-0.15, -0.1) is 0 Å². The zero-order valence-corrected chi connectivity index (χ0v) is 13.1. The SMILES string of the molecule is CNc1ncc(C)c(Nc2cc(OC)c(Cl)cc2OC)n1. The standard InChI is InChI=1S/C14H17ClN4O2/c1-8-7-17-14(16-2)19-13(8)18-10-6-11(20-3)9(15)5-12(10)21-4/h5-7H,1-4H3,(H2,16,17,18,19). The third-order valence-corrected chi connectivity index (χ3v) is 3.22. The van der Waals surface area contributed by atoms with Crippen molar-refractivity contribution in [2.24, 2.45) is 0 Å². The van der Waals surface area contributed by atoms with Gasteiger partial charge in [0.1, 0.15) is 17.3 Å². The second kappa shape index (κ2) is 6.49. The van der Waals surface area contributed by atoms with Gasteiger partial charge in [-0.2, -0.15) is 4.98 Å². The van der Waals surface area contributed by atoms with Gasteiger partial charge in [0.25, 0.3) is 0 Å². The average molecular weight is 309 g/mol. The highest BCUT2D eigenvalue weighted by Crippen LogP contribution is 2.37. The molecule has 2 N–H and O–H groups in total. The minimum Gasteiger partial charge on any atom is -0.495 e. The van der Waals surface area contributed by atoms with Crippen LogP contribution in [0.25, 0.3) is 0 Å². The summed E-state index contributed by atoms with van der Waals surface area (Å²) in [5, 5.41) is 6.60. The van der Waals surface area contributed by atoms with Crippen LogP contribution in [-0.4, -0.2) is 31.2 Å². The van der Waals surface area contributed by atoms with Crippen molar-refractivity contribution in [1.29, 1.82) is 0 Å². The van der Waals surface area contributed by atoms with Gasteiger partial charge in [-0.05, 0) is 6.92 Å². The Morgan fingerprint density at radius 1 is 1.14 bits per heavy atom. The number of aryl methyl sites for hydroxylation is 1. The van der Waals surface area contributed by atoms with E-state index in [0.717, 1.165) is 5.56 Å². The van der Waals surface area contributed by atoms with Crippen molar-refractivity contribution in [3.05, 3.63) is 28.9 Å². The molecule has 0 atom stereocenters. The lowest BCUT2D eigenvalue weighted by Crippen LogP contribution is -2.03. The molecule has 7 heteroatoms. The van der Waals surface area contributed by atoms with Crippen LogP contribution in [0, 0.1) is 6.92 Å². The van der Waals surface area contributed by atoms with E-state index >= 15 is 0 Å². The highest BCUT2D eigenvalue weighted by Gasteiger charge is 2.12. The van der Waals surface area contributed by atoms with E-state index in [1.807, 2.05) is 6.92 Å². The van der Waals surface area contributed by atoms with Crippen LogP contribution in [0.15, 0.2) is 18.3 Å². The molecule has 21 heavy (non-hydrogen) atoms. The van der Waals surface area contributed by atoms with Crippen LogP contribution < -0.4 is 20.1 Å². The molecule has 0 saturated heterocycles. The summed E-state index contributed by atoms with van der Waals surface area (Å²) in [5.74, 6) is 2.37. The van der Waals surface area contributed by atoms with Crippen molar-refractivity contribution in [2.45, 2.75) is 6.92 Å². The summed E-state index contributed by atoms with van der Waals surface area (Å²) >= 11 is 6.09. The van der Waals surface area contributed by atoms with Crippen molar-refractivity contribution in [2.75, 3.05) is 31.9 Å². The largest absolute Gasteiger partial charge is 0.495 e. The zero-order valence-electron chi connectivity index (χ0n) is 12.3. The molecule has 0 bridgehead atoms. The van der Waals surface area contributed by atoms with Crippen LogP contribution in [0.4, 0.5) is 17.5 Å². The minimum absolute atomic E-state index is 0.482. The molecule has 1 aromatic carbocycles. The molecular weight excluding hydrogens is 292 g/mol. The van der Waals surface area contributed by atoms with Crippen molar-refractivity contribution < 1.29 is 9.47 Å². The Balaban J connectivity index is 2.43. The second-order valence-corrected chi connectivity index (χ2v) is 4.69. The third kappa shape index (κ3) is 3.28. The van der Waals surface area contributed by atoms with Crippen LogP contribution in [0.2, 0.25) is 5.02 Å². The molecule has 6 nitrogen and oxygen atoms in total. The number of benzene rings is 1. The number of aromatic nitrogens is 2. The molecule has 1 aromatic heterocycles. The molecule has 2 aromatic rings. The summed E-state index contributed by atoms with van der Waals surface area (Å²) < 4.78 is 10.6. The van der Waals surface area contributed by atoms with Crippen molar-refractivity contribution in [3.8, 4) is 11.5 Å². The van der Waals surface area contributed by atoms with Gasteiger partial charge in [0.2, 0.25) is 5.95 Å². The first kappa shape index (κ1) is 15.2. The van der Waals surface area contributed by atoms with Gasteiger partial charge in [0, 0.05) is 30.9 Å². The molecule has 0 aliphatic carbocycles. The summed E-state index contributed by atoms with van der Waals surface area (Å²) in [6, 6.07) is 3.46. The first-order valence-corrected chi connectivity index (χ1v) is 6.66. The van der Waals surface area contributed by atoms with Crippen molar-refractivity contribution >= 4 is 29.1 Å². The van der Waals surface area contributed by atoms with Gasteiger partial charge in [-0.3, -0.25) is 0 Å². The number of hydrogen-bond acceptors (Lipinski definition) is 6. The van der Waals surface area contributed by atoms with Gasteiger partial charge >= 0.3 is 0 Å². The van der Waals surface area contributed by atoms with E-state index in [9.17, 15) is 0 Å². The molecule has 0 amide bonds. The second-order valence-electron chi connectivity index (χ2n) is 4.29. The first-order chi connectivity index (χ1) is 10.1. The van der Waals surface area contributed by atoms with Gasteiger partial charge in [-0.1, -0.05) is 11.6 Å². The van der Waals surface area contributed by atoms with E-state index in [1.165, 1.54) is 0 Å². The van der Waals surface area contributed by atoms with Gasteiger partial charge in [-0.25, -0.2) is 4.98 Å². The monoisotopic (exact) mass is 308 g/mol. The van der Waals surface area contributed by atoms with Crippen LogP contribution in [-0.2, 0) is 0 Å². The lowest BCUT2D eigenvalue weighted by atomic mass is 10.2. The van der Waals surface area contributed by atoms with E-state index < -0.39 is 0 Å². The molecule has 112 valence electrons.